The summed E-state index contributed by atoms with van der Waals surface area (Å²) >= 11 is 0. The lowest BCUT2D eigenvalue weighted by Crippen LogP contribution is -2.24. The van der Waals surface area contributed by atoms with Crippen molar-refractivity contribution in [2.75, 3.05) is 19.0 Å². The van der Waals surface area contributed by atoms with E-state index < -0.39 is 17.3 Å². The normalized spacial score (nSPS) is 13.3. The Labute approximate surface area is 161 Å². The van der Waals surface area contributed by atoms with Gasteiger partial charge in [0.1, 0.15) is 5.69 Å². The maximum Gasteiger partial charge on any atom is 0.416 e. The number of rotatable bonds is 5. The minimum Gasteiger partial charge on any atom is -0.348 e. The summed E-state index contributed by atoms with van der Waals surface area (Å²) in [5, 5.41) is 0. The van der Waals surface area contributed by atoms with Crippen molar-refractivity contribution in [1.82, 2.24) is 9.97 Å². The van der Waals surface area contributed by atoms with Gasteiger partial charge in [-0.15, -0.1) is 0 Å². The summed E-state index contributed by atoms with van der Waals surface area (Å²) in [5.74, 6) is -0.419. The molecule has 0 aliphatic heterocycles. The van der Waals surface area contributed by atoms with Gasteiger partial charge < -0.3 is 4.90 Å². The number of nitrogens with one attached hydrogen (secondary N) is 1. The number of alkyl halides is 3. The van der Waals surface area contributed by atoms with Gasteiger partial charge in [-0.2, -0.15) is 13.2 Å². The molecule has 152 valence electrons. The molecule has 0 radical (unpaired) electrons. The Morgan fingerprint density at radius 2 is 1.71 bits per heavy atom. The zero-order chi connectivity index (χ0) is 21.3. The van der Waals surface area contributed by atoms with Gasteiger partial charge in [-0.3, -0.25) is 14.6 Å². The van der Waals surface area contributed by atoms with E-state index in [4.69, 9.17) is 0 Å². The molecule has 0 bridgehead atoms. The number of aromatic amines is 1. The van der Waals surface area contributed by atoms with Crippen LogP contribution in [0.3, 0.4) is 0 Å². The van der Waals surface area contributed by atoms with Crippen molar-refractivity contribution in [3.8, 4) is 0 Å². The molecule has 0 amide bonds. The van der Waals surface area contributed by atoms with Crippen LogP contribution in [0.1, 0.15) is 54.7 Å². The molecule has 0 spiro atoms. The van der Waals surface area contributed by atoms with Crippen molar-refractivity contribution in [1.29, 1.82) is 0 Å². The molecule has 0 saturated carbocycles. The van der Waals surface area contributed by atoms with Gasteiger partial charge in [0.15, 0.2) is 5.78 Å². The van der Waals surface area contributed by atoms with E-state index in [2.05, 4.69) is 9.97 Å². The lowest BCUT2D eigenvalue weighted by molar-refractivity contribution is -0.137. The Morgan fingerprint density at radius 1 is 1.14 bits per heavy atom. The van der Waals surface area contributed by atoms with Gasteiger partial charge in [0.25, 0.3) is 5.56 Å². The highest BCUT2D eigenvalue weighted by Crippen LogP contribution is 2.39. The van der Waals surface area contributed by atoms with Gasteiger partial charge in [0.2, 0.25) is 5.95 Å². The van der Waals surface area contributed by atoms with Crippen molar-refractivity contribution >= 4 is 11.7 Å². The number of benzene rings is 1. The van der Waals surface area contributed by atoms with Gasteiger partial charge in [-0.25, -0.2) is 4.98 Å². The first-order valence-corrected chi connectivity index (χ1v) is 8.78. The average Bonchev–Trinajstić information content (AvgIpc) is 2.57. The van der Waals surface area contributed by atoms with Gasteiger partial charge in [0, 0.05) is 26.6 Å². The number of carbonyl (C=O) groups is 1. The molecule has 2 aromatic rings. The summed E-state index contributed by atoms with van der Waals surface area (Å²) in [5.41, 5.74) is -0.896. The van der Waals surface area contributed by atoms with Crippen molar-refractivity contribution in [3.05, 3.63) is 57.5 Å². The van der Waals surface area contributed by atoms with Gasteiger partial charge >= 0.3 is 6.18 Å². The van der Waals surface area contributed by atoms with Gasteiger partial charge in [0.05, 0.1) is 5.56 Å². The molecule has 1 atom stereocenters. The SMILES string of the molecule is CN(C)c1nc(C(=O)C[C@@H](c2ccc(C(F)(F)F)cc2)C(C)(C)C)cc(=O)[nH]1. The van der Waals surface area contributed by atoms with Gasteiger partial charge in [-0.1, -0.05) is 32.9 Å². The summed E-state index contributed by atoms with van der Waals surface area (Å²) in [7, 11) is 3.37. The van der Waals surface area contributed by atoms with Crippen LogP contribution in [0.5, 0.6) is 0 Å². The highest BCUT2D eigenvalue weighted by atomic mass is 19.4. The lowest BCUT2D eigenvalue weighted by Gasteiger charge is -2.31. The molecule has 0 fully saturated rings. The van der Waals surface area contributed by atoms with Crippen LogP contribution in [0.2, 0.25) is 0 Å². The Morgan fingerprint density at radius 3 is 2.18 bits per heavy atom. The smallest absolute Gasteiger partial charge is 0.348 e. The van der Waals surface area contributed by atoms with E-state index in [1.165, 1.54) is 12.1 Å². The minimum atomic E-state index is -4.41. The predicted molar refractivity (Wildman–Crippen MR) is 102 cm³/mol. The molecular weight excluding hydrogens is 371 g/mol. The van der Waals surface area contributed by atoms with E-state index >= 15 is 0 Å². The molecule has 1 aromatic carbocycles. The van der Waals surface area contributed by atoms with Crippen molar-refractivity contribution < 1.29 is 18.0 Å². The Hall–Kier alpha value is -2.64. The lowest BCUT2D eigenvalue weighted by atomic mass is 9.73. The third kappa shape index (κ3) is 5.21. The Bertz CT molecular complexity index is 895. The van der Waals surface area contributed by atoms with Crippen molar-refractivity contribution in [2.24, 2.45) is 5.41 Å². The number of ketones is 1. The predicted octanol–water partition coefficient (Wildman–Crippen LogP) is 4.26. The minimum absolute atomic E-state index is 0.0260. The molecule has 0 saturated heterocycles. The fourth-order valence-electron chi connectivity index (χ4n) is 2.92. The zero-order valence-electron chi connectivity index (χ0n) is 16.5. The molecule has 8 heteroatoms. The van der Waals surface area contributed by atoms with Crippen LogP contribution in [0.25, 0.3) is 0 Å². The average molecular weight is 395 g/mol. The molecule has 0 aliphatic carbocycles. The molecule has 0 aliphatic rings. The molecule has 2 rings (SSSR count). The topological polar surface area (TPSA) is 66.1 Å². The summed E-state index contributed by atoms with van der Waals surface area (Å²) in [4.78, 5) is 32.9. The number of hydrogen-bond donors (Lipinski definition) is 1. The molecule has 0 unspecified atom stereocenters. The fraction of sp³-hybridized carbons (Fsp3) is 0.450. The van der Waals surface area contributed by atoms with Crippen LogP contribution >= 0.6 is 0 Å². The molecule has 5 nitrogen and oxygen atoms in total. The summed E-state index contributed by atoms with van der Waals surface area (Å²) in [6.45, 7) is 5.75. The highest BCUT2D eigenvalue weighted by Gasteiger charge is 2.33. The number of Topliss-reactive ketones (excluding diaryl/α,β-unsaturated/α-hetero) is 1. The molecule has 1 aromatic heterocycles. The van der Waals surface area contributed by atoms with E-state index in [1.807, 2.05) is 20.8 Å². The first-order valence-electron chi connectivity index (χ1n) is 8.78. The first kappa shape index (κ1) is 21.7. The third-order valence-corrected chi connectivity index (χ3v) is 4.51. The van der Waals surface area contributed by atoms with Gasteiger partial charge in [-0.05, 0) is 29.0 Å². The zero-order valence-corrected chi connectivity index (χ0v) is 16.5. The number of anilines is 1. The second kappa shape index (κ2) is 7.77. The number of hydrogen-bond acceptors (Lipinski definition) is 4. The second-order valence-electron chi connectivity index (χ2n) is 8.01. The summed E-state index contributed by atoms with van der Waals surface area (Å²) in [6.07, 6.45) is -4.39. The molecular formula is C20H24F3N3O2. The standard InChI is InChI=1S/C20H24F3N3O2/c1-19(2,3)14(12-6-8-13(9-7-12)20(21,22)23)10-16(27)15-11-17(28)25-18(24-15)26(4)5/h6-9,11,14H,10H2,1-5H3,(H,24,25,28)/t14-/m0/s1. The maximum atomic E-state index is 12.8. The monoisotopic (exact) mass is 395 g/mol. The first-order chi connectivity index (χ1) is 12.8. The van der Waals surface area contributed by atoms with Crippen LogP contribution in [0.15, 0.2) is 35.1 Å². The van der Waals surface area contributed by atoms with E-state index in [9.17, 15) is 22.8 Å². The van der Waals surface area contributed by atoms with Crippen LogP contribution < -0.4 is 10.5 Å². The third-order valence-electron chi connectivity index (χ3n) is 4.51. The molecule has 1 heterocycles. The van der Waals surface area contributed by atoms with Crippen LogP contribution in [0, 0.1) is 5.41 Å². The van der Waals surface area contributed by atoms with Crippen LogP contribution in [-0.2, 0) is 6.18 Å². The number of H-pyrrole nitrogens is 1. The summed E-state index contributed by atoms with van der Waals surface area (Å²) < 4.78 is 38.5. The second-order valence-corrected chi connectivity index (χ2v) is 8.01. The summed E-state index contributed by atoms with van der Waals surface area (Å²) in [6, 6.07) is 6.00. The number of nitrogens with zero attached hydrogens (tertiary/aromatic N) is 2. The number of halogens is 3. The Kier molecular flexibility index (Phi) is 6.01. The number of carbonyl (C=O) groups excluding carboxylic acids is 1. The fourth-order valence-corrected chi connectivity index (χ4v) is 2.92. The number of aromatic nitrogens is 2. The van der Waals surface area contributed by atoms with Crippen molar-refractivity contribution in [3.63, 3.8) is 0 Å². The maximum absolute atomic E-state index is 12.8. The largest absolute Gasteiger partial charge is 0.416 e. The van der Waals surface area contributed by atoms with Crippen molar-refractivity contribution in [2.45, 2.75) is 39.3 Å². The van der Waals surface area contributed by atoms with E-state index in [-0.39, 0.29) is 35.2 Å². The quantitative estimate of drug-likeness (QED) is 0.769. The molecule has 1 N–H and O–H groups in total. The van der Waals surface area contributed by atoms with Crippen LogP contribution in [0.4, 0.5) is 19.1 Å². The van der Waals surface area contributed by atoms with E-state index in [0.29, 0.717) is 5.56 Å². The molecule has 28 heavy (non-hydrogen) atoms. The highest BCUT2D eigenvalue weighted by molar-refractivity contribution is 5.95. The Balaban J connectivity index is 2.36. The van der Waals surface area contributed by atoms with E-state index in [0.717, 1.165) is 18.2 Å². The van der Waals surface area contributed by atoms with E-state index in [1.54, 1.807) is 19.0 Å². The van der Waals surface area contributed by atoms with Crippen LogP contribution in [-0.4, -0.2) is 29.8 Å².